The molecule has 0 unspecified atom stereocenters. The SMILES string of the molecule is CN1CCN(C(=O)c2ccc(-c3cccc(Nc4[nH]c(=O)nc5ncccc45)c3)cc2)CC1. The Morgan fingerprint density at radius 2 is 1.76 bits per heavy atom. The number of carbonyl (C=O) groups excluding carboxylic acids is 1. The van der Waals surface area contributed by atoms with Gasteiger partial charge < -0.3 is 15.1 Å². The highest BCUT2D eigenvalue weighted by Gasteiger charge is 2.20. The maximum absolute atomic E-state index is 12.8. The molecule has 4 aromatic rings. The molecule has 2 aromatic carbocycles. The minimum atomic E-state index is -0.458. The predicted molar refractivity (Wildman–Crippen MR) is 129 cm³/mol. The second kappa shape index (κ2) is 8.84. The van der Waals surface area contributed by atoms with Crippen LogP contribution in [0.5, 0.6) is 0 Å². The molecule has 5 rings (SSSR count). The number of likely N-dealkylation sites (N-methyl/N-ethyl adjacent to an activating group) is 1. The largest absolute Gasteiger partial charge is 0.348 e. The highest BCUT2D eigenvalue weighted by molar-refractivity contribution is 5.95. The number of nitrogens with zero attached hydrogens (tertiary/aromatic N) is 4. The van der Waals surface area contributed by atoms with Crippen molar-refractivity contribution in [1.29, 1.82) is 0 Å². The first-order valence-corrected chi connectivity index (χ1v) is 10.9. The number of rotatable bonds is 4. The van der Waals surface area contributed by atoms with Crippen LogP contribution in [0.3, 0.4) is 0 Å². The Morgan fingerprint density at radius 3 is 2.55 bits per heavy atom. The molecule has 8 heteroatoms. The van der Waals surface area contributed by atoms with Crippen LogP contribution in [0, 0.1) is 0 Å². The number of H-pyrrole nitrogens is 1. The lowest BCUT2D eigenvalue weighted by molar-refractivity contribution is 0.0664. The second-order valence-corrected chi connectivity index (χ2v) is 8.17. The van der Waals surface area contributed by atoms with Crippen molar-refractivity contribution in [1.82, 2.24) is 24.8 Å². The molecule has 8 nitrogen and oxygen atoms in total. The number of benzene rings is 2. The fourth-order valence-electron chi connectivity index (χ4n) is 4.00. The number of hydrogen-bond donors (Lipinski definition) is 2. The first-order valence-electron chi connectivity index (χ1n) is 10.9. The highest BCUT2D eigenvalue weighted by atomic mass is 16.2. The van der Waals surface area contributed by atoms with E-state index in [1.54, 1.807) is 12.3 Å². The van der Waals surface area contributed by atoms with Crippen molar-refractivity contribution in [3.05, 3.63) is 82.9 Å². The molecule has 1 fully saturated rings. The van der Waals surface area contributed by atoms with Crippen molar-refractivity contribution in [2.24, 2.45) is 0 Å². The number of nitrogens with one attached hydrogen (secondary N) is 2. The molecule has 166 valence electrons. The number of aromatic amines is 1. The molecule has 0 bridgehead atoms. The Morgan fingerprint density at radius 1 is 0.970 bits per heavy atom. The van der Waals surface area contributed by atoms with E-state index in [2.05, 4.69) is 32.2 Å². The summed E-state index contributed by atoms with van der Waals surface area (Å²) < 4.78 is 0. The van der Waals surface area contributed by atoms with Crippen molar-refractivity contribution in [2.75, 3.05) is 38.5 Å². The number of hydrogen-bond acceptors (Lipinski definition) is 6. The van der Waals surface area contributed by atoms with Gasteiger partial charge in [0, 0.05) is 43.6 Å². The molecule has 1 saturated heterocycles. The van der Waals surface area contributed by atoms with Gasteiger partial charge in [0.25, 0.3) is 5.91 Å². The zero-order valence-corrected chi connectivity index (χ0v) is 18.3. The van der Waals surface area contributed by atoms with E-state index in [1.165, 1.54) is 0 Å². The van der Waals surface area contributed by atoms with Crippen LogP contribution in [0.15, 0.2) is 71.7 Å². The summed E-state index contributed by atoms with van der Waals surface area (Å²) in [4.78, 5) is 39.7. The van der Waals surface area contributed by atoms with Gasteiger partial charge in [-0.2, -0.15) is 4.98 Å². The van der Waals surface area contributed by atoms with Gasteiger partial charge in [-0.05, 0) is 54.6 Å². The smallest absolute Gasteiger partial charge is 0.341 e. The third-order valence-corrected chi connectivity index (χ3v) is 5.88. The van der Waals surface area contributed by atoms with E-state index in [0.717, 1.165) is 48.4 Å². The summed E-state index contributed by atoms with van der Waals surface area (Å²) in [6.45, 7) is 3.31. The highest BCUT2D eigenvalue weighted by Crippen LogP contribution is 2.26. The van der Waals surface area contributed by atoms with Gasteiger partial charge in [0.05, 0.1) is 5.39 Å². The van der Waals surface area contributed by atoms with Crippen molar-refractivity contribution in [3.8, 4) is 11.1 Å². The third kappa shape index (κ3) is 4.47. The Bertz CT molecular complexity index is 1360. The quantitative estimate of drug-likeness (QED) is 0.506. The average molecular weight is 441 g/mol. The molecule has 1 amide bonds. The zero-order valence-electron chi connectivity index (χ0n) is 18.3. The lowest BCUT2D eigenvalue weighted by Crippen LogP contribution is -2.47. The number of amides is 1. The van der Waals surface area contributed by atoms with Crippen LogP contribution in [0.2, 0.25) is 0 Å². The van der Waals surface area contributed by atoms with E-state index >= 15 is 0 Å². The van der Waals surface area contributed by atoms with Gasteiger partial charge in [0.2, 0.25) is 0 Å². The first-order chi connectivity index (χ1) is 16.1. The normalized spacial score (nSPS) is 14.4. The summed E-state index contributed by atoms with van der Waals surface area (Å²) >= 11 is 0. The van der Waals surface area contributed by atoms with Gasteiger partial charge in [-0.15, -0.1) is 0 Å². The van der Waals surface area contributed by atoms with Gasteiger partial charge in [0.1, 0.15) is 5.82 Å². The standard InChI is InChI=1S/C25H24N6O2/c1-30-12-14-31(15-13-30)24(32)18-9-7-17(8-10-18)19-4-2-5-20(16-19)27-23-21-6-3-11-26-22(21)28-25(33)29-23/h2-11,16H,12-15H2,1H3,(H2,26,27,28,29,33). The summed E-state index contributed by atoms with van der Waals surface area (Å²) in [6, 6.07) is 19.2. The van der Waals surface area contributed by atoms with E-state index in [-0.39, 0.29) is 5.91 Å². The summed E-state index contributed by atoms with van der Waals surface area (Å²) in [7, 11) is 2.07. The number of carbonyl (C=O) groups is 1. The van der Waals surface area contributed by atoms with E-state index < -0.39 is 5.69 Å². The molecule has 0 saturated carbocycles. The van der Waals surface area contributed by atoms with Crippen LogP contribution in [0.4, 0.5) is 11.5 Å². The van der Waals surface area contributed by atoms with E-state index in [0.29, 0.717) is 17.0 Å². The number of aromatic nitrogens is 3. The van der Waals surface area contributed by atoms with Crippen LogP contribution in [-0.4, -0.2) is 63.9 Å². The molecular formula is C25H24N6O2. The third-order valence-electron chi connectivity index (χ3n) is 5.88. The molecule has 2 N–H and O–H groups in total. The Hall–Kier alpha value is -4.04. The van der Waals surface area contributed by atoms with Crippen molar-refractivity contribution < 1.29 is 4.79 Å². The number of fused-ring (bicyclic) bond motifs is 1. The minimum Gasteiger partial charge on any atom is -0.341 e. The van der Waals surface area contributed by atoms with Gasteiger partial charge in [-0.25, -0.2) is 9.78 Å². The number of pyridine rings is 1. The van der Waals surface area contributed by atoms with Crippen LogP contribution in [0.1, 0.15) is 10.4 Å². The fraction of sp³-hybridized carbons (Fsp3) is 0.200. The van der Waals surface area contributed by atoms with Crippen molar-refractivity contribution >= 4 is 28.4 Å². The summed E-state index contributed by atoms with van der Waals surface area (Å²) in [6.07, 6.45) is 1.61. The molecule has 0 atom stereocenters. The van der Waals surface area contributed by atoms with Crippen molar-refractivity contribution in [3.63, 3.8) is 0 Å². The maximum Gasteiger partial charge on any atom is 0.348 e. The monoisotopic (exact) mass is 440 g/mol. The molecule has 0 spiro atoms. The number of anilines is 2. The minimum absolute atomic E-state index is 0.0761. The van der Waals surface area contributed by atoms with Gasteiger partial charge in [-0.3, -0.25) is 9.78 Å². The molecule has 0 radical (unpaired) electrons. The van der Waals surface area contributed by atoms with Crippen LogP contribution in [-0.2, 0) is 0 Å². The molecule has 2 aromatic heterocycles. The first kappa shape index (κ1) is 20.8. The van der Waals surface area contributed by atoms with E-state index in [9.17, 15) is 9.59 Å². The van der Waals surface area contributed by atoms with Gasteiger partial charge >= 0.3 is 5.69 Å². The Balaban J connectivity index is 1.37. The van der Waals surface area contributed by atoms with Gasteiger partial charge in [-0.1, -0.05) is 24.3 Å². The van der Waals surface area contributed by atoms with Crippen LogP contribution in [0.25, 0.3) is 22.2 Å². The summed E-state index contributed by atoms with van der Waals surface area (Å²) in [5, 5.41) is 4.00. The summed E-state index contributed by atoms with van der Waals surface area (Å²) in [5.41, 5.74) is 3.45. The molecule has 1 aliphatic rings. The molecule has 33 heavy (non-hydrogen) atoms. The Kier molecular flexibility index (Phi) is 5.58. The lowest BCUT2D eigenvalue weighted by atomic mass is 10.0. The van der Waals surface area contributed by atoms with Crippen LogP contribution < -0.4 is 11.0 Å². The average Bonchev–Trinajstić information content (AvgIpc) is 2.84. The molecule has 3 heterocycles. The fourth-order valence-corrected chi connectivity index (χ4v) is 4.00. The lowest BCUT2D eigenvalue weighted by Gasteiger charge is -2.32. The number of piperazine rings is 1. The second-order valence-electron chi connectivity index (χ2n) is 8.17. The van der Waals surface area contributed by atoms with Crippen LogP contribution >= 0.6 is 0 Å². The van der Waals surface area contributed by atoms with E-state index in [4.69, 9.17) is 0 Å². The summed E-state index contributed by atoms with van der Waals surface area (Å²) in [5.74, 6) is 0.621. The zero-order chi connectivity index (χ0) is 22.8. The van der Waals surface area contributed by atoms with Crippen molar-refractivity contribution in [2.45, 2.75) is 0 Å². The Labute approximate surface area is 190 Å². The van der Waals surface area contributed by atoms with Gasteiger partial charge in [0.15, 0.2) is 5.65 Å². The predicted octanol–water partition coefficient (Wildman–Crippen LogP) is 3.12. The maximum atomic E-state index is 12.8. The topological polar surface area (TPSA) is 94.2 Å². The van der Waals surface area contributed by atoms with E-state index in [1.807, 2.05) is 59.5 Å². The molecular weight excluding hydrogens is 416 g/mol. The molecule has 0 aliphatic carbocycles. The molecule has 1 aliphatic heterocycles.